The van der Waals surface area contributed by atoms with E-state index in [0.29, 0.717) is 0 Å². The normalized spacial score (nSPS) is 41.5. The third-order valence-electron chi connectivity index (χ3n) is 2.18. The van der Waals surface area contributed by atoms with E-state index in [9.17, 15) is 15.3 Å². The summed E-state index contributed by atoms with van der Waals surface area (Å²) in [5.41, 5.74) is 0. The summed E-state index contributed by atoms with van der Waals surface area (Å²) in [6, 6.07) is 0. The minimum atomic E-state index is -1.41. The topological polar surface area (TPSA) is 99.4 Å². The SMILES string of the molecule is OC[C@H]1O[C@@H](OCC=S)[C@H](O)[C@@H](O)[C@@H]1O. The Morgan fingerprint density at radius 1 is 1.20 bits per heavy atom. The lowest BCUT2D eigenvalue weighted by Crippen LogP contribution is -2.59. The fraction of sp³-hybridized carbons (Fsp3) is 0.875. The van der Waals surface area contributed by atoms with Gasteiger partial charge in [0, 0.05) is 5.37 Å². The largest absolute Gasteiger partial charge is 0.394 e. The molecule has 1 heterocycles. The molecule has 4 N–H and O–H groups in total. The molecule has 0 saturated carbocycles. The predicted octanol–water partition coefficient (Wildman–Crippen LogP) is -2.20. The van der Waals surface area contributed by atoms with Crippen LogP contribution < -0.4 is 0 Å². The minimum Gasteiger partial charge on any atom is -0.394 e. The maximum absolute atomic E-state index is 9.46. The van der Waals surface area contributed by atoms with Gasteiger partial charge in [-0.05, 0) is 0 Å². The summed E-state index contributed by atoms with van der Waals surface area (Å²) in [6.45, 7) is -0.402. The molecule has 0 bridgehead atoms. The lowest BCUT2D eigenvalue weighted by Gasteiger charge is -2.39. The lowest BCUT2D eigenvalue weighted by atomic mass is 9.99. The van der Waals surface area contributed by atoms with Crippen LogP contribution in [0.4, 0.5) is 0 Å². The molecule has 0 radical (unpaired) electrons. The molecule has 1 aliphatic heterocycles. The van der Waals surface area contributed by atoms with E-state index in [2.05, 4.69) is 12.2 Å². The zero-order chi connectivity index (χ0) is 11.4. The van der Waals surface area contributed by atoms with E-state index in [1.807, 2.05) is 0 Å². The van der Waals surface area contributed by atoms with Gasteiger partial charge in [-0.2, -0.15) is 0 Å². The van der Waals surface area contributed by atoms with Gasteiger partial charge in [-0.3, -0.25) is 0 Å². The van der Waals surface area contributed by atoms with E-state index in [1.165, 1.54) is 5.37 Å². The summed E-state index contributed by atoms with van der Waals surface area (Å²) in [7, 11) is 0. The van der Waals surface area contributed by atoms with Crippen molar-refractivity contribution >= 4 is 17.6 Å². The maximum atomic E-state index is 9.46. The van der Waals surface area contributed by atoms with Crippen LogP contribution in [-0.4, -0.2) is 69.7 Å². The summed E-state index contributed by atoms with van der Waals surface area (Å²) >= 11 is 4.52. The average Bonchev–Trinajstić information content (AvgIpc) is 2.25. The van der Waals surface area contributed by atoms with Crippen molar-refractivity contribution in [2.45, 2.75) is 30.7 Å². The van der Waals surface area contributed by atoms with Crippen LogP contribution in [-0.2, 0) is 9.47 Å². The predicted molar refractivity (Wildman–Crippen MR) is 53.4 cm³/mol. The number of hydrogen-bond acceptors (Lipinski definition) is 7. The summed E-state index contributed by atoms with van der Waals surface area (Å²) in [4.78, 5) is 0. The van der Waals surface area contributed by atoms with Gasteiger partial charge < -0.3 is 29.9 Å². The molecule has 1 fully saturated rings. The van der Waals surface area contributed by atoms with Gasteiger partial charge in [-0.25, -0.2) is 0 Å². The second-order valence-electron chi connectivity index (χ2n) is 3.20. The third-order valence-corrected chi connectivity index (χ3v) is 2.31. The van der Waals surface area contributed by atoms with Crippen LogP contribution >= 0.6 is 12.2 Å². The van der Waals surface area contributed by atoms with Crippen molar-refractivity contribution in [2.75, 3.05) is 13.2 Å². The molecule has 1 rings (SSSR count). The van der Waals surface area contributed by atoms with Crippen LogP contribution in [0.3, 0.4) is 0 Å². The molecule has 15 heavy (non-hydrogen) atoms. The van der Waals surface area contributed by atoms with Crippen LogP contribution in [0.15, 0.2) is 0 Å². The Balaban J connectivity index is 2.60. The molecule has 0 amide bonds. The average molecular weight is 238 g/mol. The van der Waals surface area contributed by atoms with Crippen LogP contribution in [0.25, 0.3) is 0 Å². The Kier molecular flexibility index (Phi) is 5.00. The fourth-order valence-corrected chi connectivity index (χ4v) is 1.42. The number of aliphatic hydroxyl groups is 4. The Morgan fingerprint density at radius 2 is 1.87 bits per heavy atom. The summed E-state index contributed by atoms with van der Waals surface area (Å²) in [6.07, 6.45) is -6.18. The van der Waals surface area contributed by atoms with Crippen LogP contribution in [0.1, 0.15) is 0 Å². The van der Waals surface area contributed by atoms with Gasteiger partial charge >= 0.3 is 0 Å². The van der Waals surface area contributed by atoms with Crippen molar-refractivity contribution in [1.82, 2.24) is 0 Å². The second-order valence-corrected chi connectivity index (χ2v) is 3.53. The zero-order valence-corrected chi connectivity index (χ0v) is 8.71. The molecule has 0 unspecified atom stereocenters. The van der Waals surface area contributed by atoms with Crippen LogP contribution in [0.2, 0.25) is 0 Å². The Bertz CT molecular complexity index is 211. The molecule has 0 spiro atoms. The monoisotopic (exact) mass is 238 g/mol. The number of rotatable bonds is 4. The van der Waals surface area contributed by atoms with Crippen molar-refractivity contribution in [2.24, 2.45) is 0 Å². The fourth-order valence-electron chi connectivity index (χ4n) is 1.34. The lowest BCUT2D eigenvalue weighted by molar-refractivity contribution is -0.297. The standard InChI is InChI=1S/C8H14O6S/c9-3-4-5(10)6(11)7(12)8(14-4)13-1-2-15/h2,4-12H,1,3H2/t4-,5-,6+,7-,8-/m1/s1. The quantitative estimate of drug-likeness (QED) is 0.413. The molecular formula is C8H14O6S. The van der Waals surface area contributed by atoms with Gasteiger partial charge in [-0.15, -0.1) is 0 Å². The highest BCUT2D eigenvalue weighted by Crippen LogP contribution is 2.21. The van der Waals surface area contributed by atoms with Crippen LogP contribution in [0, 0.1) is 0 Å². The smallest absolute Gasteiger partial charge is 0.187 e. The summed E-state index contributed by atoms with van der Waals surface area (Å²) in [5, 5.41) is 38.4. The number of ether oxygens (including phenoxy) is 2. The van der Waals surface area contributed by atoms with Gasteiger partial charge in [0.05, 0.1) is 13.2 Å². The van der Waals surface area contributed by atoms with Gasteiger partial charge in [0.2, 0.25) is 0 Å². The Hall–Kier alpha value is -0.150. The van der Waals surface area contributed by atoms with E-state index in [4.69, 9.17) is 14.6 Å². The highest BCUT2D eigenvalue weighted by Gasteiger charge is 2.43. The first-order chi connectivity index (χ1) is 7.11. The van der Waals surface area contributed by atoms with Gasteiger partial charge in [0.1, 0.15) is 24.4 Å². The number of aliphatic hydroxyl groups excluding tert-OH is 4. The highest BCUT2D eigenvalue weighted by atomic mass is 32.1. The molecule has 0 aromatic heterocycles. The molecule has 1 aliphatic rings. The van der Waals surface area contributed by atoms with E-state index in [1.54, 1.807) is 0 Å². The first kappa shape index (κ1) is 12.9. The molecule has 88 valence electrons. The van der Waals surface area contributed by atoms with E-state index in [-0.39, 0.29) is 6.61 Å². The van der Waals surface area contributed by atoms with E-state index < -0.39 is 37.3 Å². The molecule has 1 saturated heterocycles. The van der Waals surface area contributed by atoms with Crippen molar-refractivity contribution in [3.63, 3.8) is 0 Å². The maximum Gasteiger partial charge on any atom is 0.187 e. The molecular weight excluding hydrogens is 224 g/mol. The molecule has 7 heteroatoms. The van der Waals surface area contributed by atoms with Crippen LogP contribution in [0.5, 0.6) is 0 Å². The van der Waals surface area contributed by atoms with E-state index in [0.717, 1.165) is 0 Å². The summed E-state index contributed by atoms with van der Waals surface area (Å²) < 4.78 is 10.0. The minimum absolute atomic E-state index is 0.0675. The molecule has 5 atom stereocenters. The highest BCUT2D eigenvalue weighted by molar-refractivity contribution is 7.79. The number of hydrogen-bond donors (Lipinski definition) is 4. The van der Waals surface area contributed by atoms with Gasteiger partial charge in [-0.1, -0.05) is 12.2 Å². The Labute approximate surface area is 92.1 Å². The van der Waals surface area contributed by atoms with E-state index >= 15 is 0 Å². The summed E-state index contributed by atoms with van der Waals surface area (Å²) in [5.74, 6) is 0. The first-order valence-corrected chi connectivity index (χ1v) is 4.94. The molecule has 0 aromatic rings. The van der Waals surface area contributed by atoms with Crippen molar-refractivity contribution in [3.05, 3.63) is 0 Å². The molecule has 6 nitrogen and oxygen atoms in total. The van der Waals surface area contributed by atoms with Gasteiger partial charge in [0.25, 0.3) is 0 Å². The first-order valence-electron chi connectivity index (χ1n) is 4.47. The third kappa shape index (κ3) is 2.91. The second kappa shape index (κ2) is 5.80. The zero-order valence-electron chi connectivity index (χ0n) is 7.89. The number of thiocarbonyl (C=S) groups is 1. The van der Waals surface area contributed by atoms with Gasteiger partial charge in [0.15, 0.2) is 6.29 Å². The molecule has 0 aromatic carbocycles. The van der Waals surface area contributed by atoms with Crippen molar-refractivity contribution < 1.29 is 29.9 Å². The van der Waals surface area contributed by atoms with Crippen molar-refractivity contribution in [3.8, 4) is 0 Å². The Morgan fingerprint density at radius 3 is 2.40 bits per heavy atom. The molecule has 0 aliphatic carbocycles. The van der Waals surface area contributed by atoms with Crippen molar-refractivity contribution in [1.29, 1.82) is 0 Å².